The van der Waals surface area contributed by atoms with Gasteiger partial charge in [0.25, 0.3) is 0 Å². The molecule has 1 rings (SSSR count). The third-order valence-corrected chi connectivity index (χ3v) is 3.80. The minimum absolute atomic E-state index is 0.365. The number of nitrogens with zero attached hydrogens (tertiary/aromatic N) is 1. The van der Waals surface area contributed by atoms with Crippen LogP contribution in [0.5, 0.6) is 0 Å². The molecule has 18 heavy (non-hydrogen) atoms. The predicted octanol–water partition coefficient (Wildman–Crippen LogP) is 2.69. The minimum Gasteiger partial charge on any atom is -0.321 e. The Morgan fingerprint density at radius 2 is 1.61 bits per heavy atom. The fourth-order valence-electron chi connectivity index (χ4n) is 2.19. The standard InChI is InChI=1S/C14H21NO3/c1-4-15(5-2,6-3)11-12-7-9-13(10-8-12)14(16)18-17/h7-10H,4-6,11H2,1-3H3/p+1. The van der Waals surface area contributed by atoms with E-state index < -0.39 is 5.97 Å². The highest BCUT2D eigenvalue weighted by Crippen LogP contribution is 2.15. The van der Waals surface area contributed by atoms with Gasteiger partial charge in [-0.25, -0.2) is 4.79 Å². The van der Waals surface area contributed by atoms with Crippen LogP contribution in [0.2, 0.25) is 0 Å². The van der Waals surface area contributed by atoms with Crippen molar-refractivity contribution in [2.24, 2.45) is 0 Å². The minimum atomic E-state index is -0.719. The SMILES string of the molecule is CC[N+](CC)(CC)Cc1ccc(C(=O)OO)cc1. The lowest BCUT2D eigenvalue weighted by molar-refractivity contribution is -0.936. The topological polar surface area (TPSA) is 46.5 Å². The Hall–Kier alpha value is -1.39. The zero-order valence-corrected chi connectivity index (χ0v) is 11.3. The summed E-state index contributed by atoms with van der Waals surface area (Å²) in [6.45, 7) is 10.8. The first-order valence-corrected chi connectivity index (χ1v) is 6.40. The van der Waals surface area contributed by atoms with Gasteiger partial charge < -0.3 is 4.48 Å². The fourth-order valence-corrected chi connectivity index (χ4v) is 2.19. The van der Waals surface area contributed by atoms with Crippen molar-refractivity contribution in [2.45, 2.75) is 27.3 Å². The number of hydrogen-bond donors (Lipinski definition) is 1. The van der Waals surface area contributed by atoms with E-state index in [9.17, 15) is 4.79 Å². The summed E-state index contributed by atoms with van der Waals surface area (Å²) in [5, 5.41) is 8.31. The number of hydrogen-bond acceptors (Lipinski definition) is 3. The molecular weight excluding hydrogens is 230 g/mol. The van der Waals surface area contributed by atoms with E-state index in [2.05, 4.69) is 25.7 Å². The molecule has 1 aromatic rings. The molecule has 0 heterocycles. The molecule has 0 aromatic heterocycles. The van der Waals surface area contributed by atoms with E-state index >= 15 is 0 Å². The highest BCUT2D eigenvalue weighted by molar-refractivity contribution is 5.88. The van der Waals surface area contributed by atoms with E-state index in [-0.39, 0.29) is 0 Å². The summed E-state index contributed by atoms with van der Waals surface area (Å²) in [6.07, 6.45) is 0. The molecule has 0 radical (unpaired) electrons. The van der Waals surface area contributed by atoms with Gasteiger partial charge in [-0.2, -0.15) is 5.26 Å². The van der Waals surface area contributed by atoms with Crippen LogP contribution in [-0.2, 0) is 11.4 Å². The smallest absolute Gasteiger partial charge is 0.321 e. The molecule has 0 aliphatic heterocycles. The summed E-state index contributed by atoms with van der Waals surface area (Å²) in [7, 11) is 0. The van der Waals surface area contributed by atoms with Crippen molar-refractivity contribution in [2.75, 3.05) is 19.6 Å². The molecule has 0 unspecified atom stereocenters. The van der Waals surface area contributed by atoms with Gasteiger partial charge in [0.15, 0.2) is 0 Å². The molecule has 0 bridgehead atoms. The Labute approximate surface area is 108 Å². The maximum absolute atomic E-state index is 11.1. The zero-order valence-electron chi connectivity index (χ0n) is 11.3. The maximum Gasteiger partial charge on any atom is 0.372 e. The van der Waals surface area contributed by atoms with Gasteiger partial charge in [-0.1, -0.05) is 12.1 Å². The second-order valence-electron chi connectivity index (χ2n) is 4.52. The lowest BCUT2D eigenvalue weighted by Crippen LogP contribution is -2.46. The van der Waals surface area contributed by atoms with Crippen LogP contribution in [0, 0.1) is 0 Å². The van der Waals surface area contributed by atoms with Crippen LogP contribution in [0.1, 0.15) is 36.7 Å². The first kappa shape index (κ1) is 14.7. The van der Waals surface area contributed by atoms with Crippen molar-refractivity contribution in [1.29, 1.82) is 0 Å². The van der Waals surface area contributed by atoms with Crippen molar-refractivity contribution in [3.8, 4) is 0 Å². The number of carbonyl (C=O) groups excluding carboxylic acids is 1. The first-order chi connectivity index (χ1) is 8.60. The maximum atomic E-state index is 11.1. The van der Waals surface area contributed by atoms with Crippen molar-refractivity contribution in [3.05, 3.63) is 35.4 Å². The van der Waals surface area contributed by atoms with E-state index in [0.717, 1.165) is 30.7 Å². The fraction of sp³-hybridized carbons (Fsp3) is 0.500. The molecule has 0 atom stereocenters. The Balaban J connectivity index is 2.83. The molecule has 1 N–H and O–H groups in total. The number of carbonyl (C=O) groups is 1. The molecule has 0 saturated heterocycles. The van der Waals surface area contributed by atoms with Crippen LogP contribution in [0.25, 0.3) is 0 Å². The molecule has 0 aliphatic rings. The zero-order chi connectivity index (χ0) is 13.6. The molecular formula is C14H22NO3+. The highest BCUT2D eigenvalue weighted by Gasteiger charge is 2.21. The molecule has 4 nitrogen and oxygen atoms in total. The molecule has 0 saturated carbocycles. The molecule has 0 spiro atoms. The third-order valence-electron chi connectivity index (χ3n) is 3.80. The average molecular weight is 252 g/mol. The molecule has 100 valence electrons. The predicted molar refractivity (Wildman–Crippen MR) is 70.1 cm³/mol. The quantitative estimate of drug-likeness (QED) is 0.481. The van der Waals surface area contributed by atoms with Gasteiger partial charge >= 0.3 is 5.97 Å². The van der Waals surface area contributed by atoms with Crippen LogP contribution < -0.4 is 0 Å². The average Bonchev–Trinajstić information content (AvgIpc) is 2.45. The first-order valence-electron chi connectivity index (χ1n) is 6.40. The van der Waals surface area contributed by atoms with E-state index in [1.807, 2.05) is 12.1 Å². The molecule has 0 aliphatic carbocycles. The van der Waals surface area contributed by atoms with Gasteiger partial charge in [0.1, 0.15) is 6.54 Å². The summed E-state index contributed by atoms with van der Waals surface area (Å²) in [4.78, 5) is 14.8. The van der Waals surface area contributed by atoms with Gasteiger partial charge in [-0.3, -0.25) is 4.89 Å². The number of benzene rings is 1. The van der Waals surface area contributed by atoms with Crippen LogP contribution in [0.15, 0.2) is 24.3 Å². The van der Waals surface area contributed by atoms with Gasteiger partial charge in [-0.05, 0) is 32.9 Å². The Bertz CT molecular complexity index is 374. The van der Waals surface area contributed by atoms with Crippen molar-refractivity contribution >= 4 is 5.97 Å². The Kier molecular flexibility index (Phi) is 5.31. The Morgan fingerprint density at radius 1 is 1.11 bits per heavy atom. The lowest BCUT2D eigenvalue weighted by Gasteiger charge is -2.35. The van der Waals surface area contributed by atoms with Crippen LogP contribution in [-0.4, -0.2) is 35.3 Å². The largest absolute Gasteiger partial charge is 0.372 e. The molecule has 0 amide bonds. The van der Waals surface area contributed by atoms with E-state index in [4.69, 9.17) is 5.26 Å². The van der Waals surface area contributed by atoms with Crippen molar-refractivity contribution < 1.29 is 19.4 Å². The molecule has 0 fully saturated rings. The molecule has 4 heteroatoms. The number of rotatable bonds is 6. The monoisotopic (exact) mass is 252 g/mol. The van der Waals surface area contributed by atoms with Gasteiger partial charge in [0.2, 0.25) is 0 Å². The van der Waals surface area contributed by atoms with E-state index in [1.54, 1.807) is 12.1 Å². The second-order valence-corrected chi connectivity index (χ2v) is 4.52. The van der Waals surface area contributed by atoms with Gasteiger partial charge in [0.05, 0.1) is 25.2 Å². The lowest BCUT2D eigenvalue weighted by atomic mass is 10.1. The van der Waals surface area contributed by atoms with Crippen LogP contribution in [0.3, 0.4) is 0 Å². The van der Waals surface area contributed by atoms with Gasteiger partial charge in [-0.15, -0.1) is 0 Å². The number of quaternary nitrogens is 1. The van der Waals surface area contributed by atoms with Gasteiger partial charge in [0, 0.05) is 5.56 Å². The summed E-state index contributed by atoms with van der Waals surface area (Å²) < 4.78 is 1.03. The van der Waals surface area contributed by atoms with Crippen LogP contribution in [0.4, 0.5) is 0 Å². The normalized spacial score (nSPS) is 11.3. The van der Waals surface area contributed by atoms with E-state index in [1.165, 1.54) is 5.56 Å². The second kappa shape index (κ2) is 6.52. The summed E-state index contributed by atoms with van der Waals surface area (Å²) in [6, 6.07) is 7.20. The van der Waals surface area contributed by atoms with Crippen molar-refractivity contribution in [3.63, 3.8) is 0 Å². The molecule has 1 aromatic carbocycles. The van der Waals surface area contributed by atoms with Crippen LogP contribution >= 0.6 is 0 Å². The highest BCUT2D eigenvalue weighted by atomic mass is 17.1. The summed E-state index contributed by atoms with van der Waals surface area (Å²) in [5.41, 5.74) is 1.55. The summed E-state index contributed by atoms with van der Waals surface area (Å²) in [5.74, 6) is -0.719. The summed E-state index contributed by atoms with van der Waals surface area (Å²) >= 11 is 0. The van der Waals surface area contributed by atoms with E-state index in [0.29, 0.717) is 5.56 Å². The third kappa shape index (κ3) is 3.31. The Morgan fingerprint density at radius 3 is 2.00 bits per heavy atom. The van der Waals surface area contributed by atoms with Crippen molar-refractivity contribution in [1.82, 2.24) is 0 Å².